The van der Waals surface area contributed by atoms with Gasteiger partial charge in [0.15, 0.2) is 0 Å². The zero-order valence-corrected chi connectivity index (χ0v) is 23.2. The van der Waals surface area contributed by atoms with Gasteiger partial charge in [-0.2, -0.15) is 0 Å². The second kappa shape index (κ2) is 11.1. The number of aliphatic hydroxyl groups is 1. The Morgan fingerprint density at radius 1 is 1.00 bits per heavy atom. The Morgan fingerprint density at radius 2 is 1.73 bits per heavy atom. The minimum absolute atomic E-state index is 0.0451. The van der Waals surface area contributed by atoms with Crippen molar-refractivity contribution in [2.75, 3.05) is 19.7 Å². The van der Waals surface area contributed by atoms with Crippen LogP contribution >= 0.6 is 0 Å². The van der Waals surface area contributed by atoms with Crippen LogP contribution in [0.4, 0.5) is 4.79 Å². The molecule has 0 aliphatic carbocycles. The van der Waals surface area contributed by atoms with Crippen molar-refractivity contribution in [1.29, 1.82) is 5.41 Å². The van der Waals surface area contributed by atoms with Crippen molar-refractivity contribution in [2.45, 2.75) is 45.8 Å². The number of aromatic nitrogens is 1. The molecular weight excluding hydrogens is 504 g/mol. The number of ether oxygens (including phenoxy) is 1. The third-order valence-corrected chi connectivity index (χ3v) is 7.41. The fourth-order valence-electron chi connectivity index (χ4n) is 5.32. The molecule has 1 aliphatic rings. The monoisotopic (exact) mass is 540 g/mol. The minimum atomic E-state index is -0.689. The largest absolute Gasteiger partial charge is 0.444 e. The van der Waals surface area contributed by atoms with Gasteiger partial charge in [0.25, 0.3) is 5.91 Å². The lowest BCUT2D eigenvalue weighted by atomic mass is 9.98. The van der Waals surface area contributed by atoms with Gasteiger partial charge in [0, 0.05) is 42.7 Å². The van der Waals surface area contributed by atoms with E-state index in [0.717, 1.165) is 40.1 Å². The van der Waals surface area contributed by atoms with Crippen molar-refractivity contribution in [3.63, 3.8) is 0 Å². The fraction of sp³-hybridized carbons (Fsp3) is 0.344. The van der Waals surface area contributed by atoms with Gasteiger partial charge in [-0.15, -0.1) is 0 Å². The average Bonchev–Trinajstić information content (AvgIpc) is 3.29. The number of carbonyl (C=O) groups excluding carboxylic acids is 2. The van der Waals surface area contributed by atoms with Gasteiger partial charge in [-0.05, 0) is 68.0 Å². The van der Waals surface area contributed by atoms with Crippen LogP contribution in [0, 0.1) is 11.3 Å². The van der Waals surface area contributed by atoms with Crippen LogP contribution in [0.5, 0.6) is 0 Å². The molecule has 0 radical (unpaired) electrons. The van der Waals surface area contributed by atoms with Crippen LogP contribution in [-0.4, -0.2) is 57.7 Å². The molecule has 1 aliphatic heterocycles. The van der Waals surface area contributed by atoms with E-state index in [-0.39, 0.29) is 24.3 Å². The molecule has 5 rings (SSSR count). The van der Waals surface area contributed by atoms with Crippen LogP contribution in [0.25, 0.3) is 21.7 Å². The van der Waals surface area contributed by atoms with E-state index in [1.165, 1.54) is 0 Å². The summed E-state index contributed by atoms with van der Waals surface area (Å²) >= 11 is 0. The molecule has 0 bridgehead atoms. The van der Waals surface area contributed by atoms with E-state index in [1.54, 1.807) is 26.8 Å². The van der Waals surface area contributed by atoms with E-state index in [2.05, 4.69) is 29.6 Å². The Labute approximate surface area is 234 Å². The molecule has 1 saturated heterocycles. The van der Waals surface area contributed by atoms with Crippen LogP contribution in [0.2, 0.25) is 0 Å². The number of amides is 2. The van der Waals surface area contributed by atoms with Crippen molar-refractivity contribution in [3.8, 4) is 0 Å². The molecule has 2 amide bonds. The van der Waals surface area contributed by atoms with E-state index in [9.17, 15) is 14.7 Å². The van der Waals surface area contributed by atoms with E-state index in [0.29, 0.717) is 30.9 Å². The number of nitrogens with one attached hydrogen (secondary N) is 2. The Bertz CT molecular complexity index is 1570. The molecule has 0 saturated carbocycles. The third-order valence-electron chi connectivity index (χ3n) is 7.41. The molecule has 3 N–H and O–H groups in total. The second-order valence-corrected chi connectivity index (χ2v) is 11.4. The summed E-state index contributed by atoms with van der Waals surface area (Å²) in [4.78, 5) is 28.0. The standard InChI is InChI=1S/C32H36N4O4/c1-32(2,3)40-31(39)34-29(33)24-12-11-23-17-28(30(38)35-15-13-21(20-37)14-16-35)36(27(23)18-24)19-25-9-6-8-22-7-4-5-10-26(22)25/h4-12,17-18,21,37H,13-16,19-20H2,1-3H3,(H2,33,34,39). The predicted octanol–water partition coefficient (Wildman–Crippen LogP) is 5.54. The summed E-state index contributed by atoms with van der Waals surface area (Å²) < 4.78 is 7.33. The normalized spacial score (nSPS) is 14.4. The minimum Gasteiger partial charge on any atom is -0.444 e. The zero-order valence-electron chi connectivity index (χ0n) is 23.2. The summed E-state index contributed by atoms with van der Waals surface area (Å²) in [6.45, 7) is 7.14. The van der Waals surface area contributed by atoms with Gasteiger partial charge in [0.05, 0.1) is 0 Å². The summed E-state index contributed by atoms with van der Waals surface area (Å²) in [5.41, 5.74) is 2.29. The van der Waals surface area contributed by atoms with Crippen LogP contribution in [-0.2, 0) is 11.3 Å². The molecule has 0 unspecified atom stereocenters. The SMILES string of the molecule is CC(C)(C)OC(=O)NC(=N)c1ccc2cc(C(=O)N3CCC(CO)CC3)n(Cc3cccc4ccccc34)c2c1. The topological polar surface area (TPSA) is 108 Å². The van der Waals surface area contributed by atoms with Crippen LogP contribution < -0.4 is 5.32 Å². The van der Waals surface area contributed by atoms with Crippen molar-refractivity contribution in [3.05, 3.63) is 83.6 Å². The molecule has 0 spiro atoms. The highest BCUT2D eigenvalue weighted by atomic mass is 16.6. The van der Waals surface area contributed by atoms with Crippen LogP contribution in [0.1, 0.15) is 55.2 Å². The first-order valence-corrected chi connectivity index (χ1v) is 13.7. The van der Waals surface area contributed by atoms with E-state index in [4.69, 9.17) is 10.1 Å². The summed E-state index contributed by atoms with van der Waals surface area (Å²) in [5.74, 6) is 0.112. The Balaban J connectivity index is 1.54. The first-order valence-electron chi connectivity index (χ1n) is 13.7. The van der Waals surface area contributed by atoms with Crippen LogP contribution in [0.15, 0.2) is 66.7 Å². The molecule has 40 heavy (non-hydrogen) atoms. The van der Waals surface area contributed by atoms with Crippen molar-refractivity contribution in [1.82, 2.24) is 14.8 Å². The van der Waals surface area contributed by atoms with E-state index >= 15 is 0 Å². The molecule has 2 heterocycles. The van der Waals surface area contributed by atoms with Gasteiger partial charge in [-0.3, -0.25) is 15.5 Å². The number of alkyl carbamates (subject to hydrolysis) is 1. The molecule has 4 aromatic rings. The maximum Gasteiger partial charge on any atom is 0.413 e. The lowest BCUT2D eigenvalue weighted by molar-refractivity contribution is 0.0562. The Morgan fingerprint density at radius 3 is 2.45 bits per heavy atom. The number of amidine groups is 1. The number of fused-ring (bicyclic) bond motifs is 2. The van der Waals surface area contributed by atoms with Gasteiger partial charge in [0.2, 0.25) is 0 Å². The maximum absolute atomic E-state index is 13.9. The first-order chi connectivity index (χ1) is 19.1. The molecule has 8 nitrogen and oxygen atoms in total. The maximum atomic E-state index is 13.9. The highest BCUT2D eigenvalue weighted by Crippen LogP contribution is 2.28. The van der Waals surface area contributed by atoms with Gasteiger partial charge in [-0.1, -0.05) is 54.6 Å². The number of likely N-dealkylation sites (tertiary alicyclic amines) is 1. The zero-order chi connectivity index (χ0) is 28.4. The van der Waals surface area contributed by atoms with Gasteiger partial charge < -0.3 is 19.3 Å². The molecule has 1 fully saturated rings. The number of nitrogens with zero attached hydrogens (tertiary/aromatic N) is 2. The molecule has 8 heteroatoms. The third kappa shape index (κ3) is 5.87. The molecule has 0 atom stereocenters. The van der Waals surface area contributed by atoms with Crippen LogP contribution in [0.3, 0.4) is 0 Å². The van der Waals surface area contributed by atoms with Gasteiger partial charge >= 0.3 is 6.09 Å². The van der Waals surface area contributed by atoms with E-state index in [1.807, 2.05) is 45.9 Å². The van der Waals surface area contributed by atoms with Gasteiger partial charge in [-0.25, -0.2) is 4.79 Å². The lowest BCUT2D eigenvalue weighted by Crippen LogP contribution is -2.40. The number of piperidine rings is 1. The lowest BCUT2D eigenvalue weighted by Gasteiger charge is -2.31. The quantitative estimate of drug-likeness (QED) is 0.228. The number of hydrogen-bond donors (Lipinski definition) is 3. The molecule has 1 aromatic heterocycles. The summed E-state index contributed by atoms with van der Waals surface area (Å²) in [6, 6.07) is 21.8. The van der Waals surface area contributed by atoms with Gasteiger partial charge in [0.1, 0.15) is 17.1 Å². The number of rotatable bonds is 5. The summed E-state index contributed by atoms with van der Waals surface area (Å²) in [5, 5.41) is 23.7. The summed E-state index contributed by atoms with van der Waals surface area (Å²) in [7, 11) is 0. The second-order valence-electron chi connectivity index (χ2n) is 11.4. The first kappa shape index (κ1) is 27.4. The highest BCUT2D eigenvalue weighted by Gasteiger charge is 2.27. The average molecular weight is 541 g/mol. The number of carbonyl (C=O) groups is 2. The van der Waals surface area contributed by atoms with Crippen molar-refractivity contribution < 1.29 is 19.4 Å². The fourth-order valence-corrected chi connectivity index (χ4v) is 5.32. The predicted molar refractivity (Wildman–Crippen MR) is 157 cm³/mol. The van der Waals surface area contributed by atoms with E-state index < -0.39 is 11.7 Å². The number of hydrogen-bond acceptors (Lipinski definition) is 5. The number of benzene rings is 3. The van der Waals surface area contributed by atoms with Crippen molar-refractivity contribution in [2.24, 2.45) is 5.92 Å². The smallest absolute Gasteiger partial charge is 0.413 e. The molecule has 3 aromatic carbocycles. The Hall–Kier alpha value is -4.17. The Kier molecular flexibility index (Phi) is 7.63. The highest BCUT2D eigenvalue weighted by molar-refractivity contribution is 6.07. The number of aliphatic hydroxyl groups excluding tert-OH is 1. The molecular formula is C32H36N4O4. The summed E-state index contributed by atoms with van der Waals surface area (Å²) in [6.07, 6.45) is 0.873. The molecule has 208 valence electrons. The van der Waals surface area contributed by atoms with Crippen molar-refractivity contribution >= 4 is 39.5 Å².